The first-order valence-electron chi connectivity index (χ1n) is 8.35. The van der Waals surface area contributed by atoms with Crippen molar-refractivity contribution in [2.45, 2.75) is 26.2 Å². The van der Waals surface area contributed by atoms with Crippen molar-refractivity contribution in [2.75, 3.05) is 22.5 Å². The van der Waals surface area contributed by atoms with E-state index in [-0.39, 0.29) is 17.2 Å². The molecule has 2 heterocycles. The van der Waals surface area contributed by atoms with Crippen LogP contribution in [-0.4, -0.2) is 35.7 Å². The molecule has 27 heavy (non-hydrogen) atoms. The fourth-order valence-corrected chi connectivity index (χ4v) is 2.22. The molecule has 1 aliphatic rings. The summed E-state index contributed by atoms with van der Waals surface area (Å²) >= 11 is 0. The summed E-state index contributed by atoms with van der Waals surface area (Å²) in [7, 11) is 0. The minimum Gasteiger partial charge on any atom is -0.359 e. The number of carbonyl (C=O) groups is 2. The molecule has 0 saturated heterocycles. The van der Waals surface area contributed by atoms with Crippen LogP contribution in [0.1, 0.15) is 26.5 Å². The number of nitrogens with zero attached hydrogens (tertiary/aromatic N) is 3. The van der Waals surface area contributed by atoms with Crippen molar-refractivity contribution in [3.8, 4) is 0 Å². The molecule has 9 nitrogen and oxygen atoms in total. The molecule has 0 unspecified atom stereocenters. The van der Waals surface area contributed by atoms with E-state index < -0.39 is 6.03 Å². The molecule has 0 fully saturated rings. The molecule has 0 saturated carbocycles. The molecule has 9 heteroatoms. The predicted molar refractivity (Wildman–Crippen MR) is 104 cm³/mol. The highest BCUT2D eigenvalue weighted by Gasteiger charge is 2.20. The van der Waals surface area contributed by atoms with Gasteiger partial charge in [0.2, 0.25) is 5.84 Å². The molecule has 1 aliphatic heterocycles. The van der Waals surface area contributed by atoms with Crippen LogP contribution in [0.2, 0.25) is 0 Å². The Morgan fingerprint density at radius 3 is 2.26 bits per heavy atom. The van der Waals surface area contributed by atoms with Crippen molar-refractivity contribution in [1.82, 2.24) is 5.16 Å². The summed E-state index contributed by atoms with van der Waals surface area (Å²) in [5.41, 5.74) is 0.933. The lowest BCUT2D eigenvalue weighted by atomic mass is 9.93. The lowest BCUT2D eigenvalue weighted by molar-refractivity contribution is -0.110. The van der Waals surface area contributed by atoms with Gasteiger partial charge < -0.3 is 15.2 Å². The summed E-state index contributed by atoms with van der Waals surface area (Å²) in [6.45, 7) is 6.39. The summed E-state index contributed by atoms with van der Waals surface area (Å²) in [5.74, 6) is 0.787. The monoisotopic (exact) mass is 368 g/mol. The van der Waals surface area contributed by atoms with Crippen molar-refractivity contribution < 1.29 is 14.1 Å². The number of aromatic nitrogens is 1. The Kier molecular flexibility index (Phi) is 5.02. The molecule has 2 aromatic rings. The standard InChI is InChI=1S/C18H20N6O3/c1-18(2,3)13-10-14(24-27-13)23-17(26)22-12-6-4-11(5-7-12)21-16(25)15-19-8-9-20-15/h4-8,10H,9H2,1-3H3,(H,21,25)(H2,22,23,24,26). The van der Waals surface area contributed by atoms with Gasteiger partial charge in [-0.3, -0.25) is 15.1 Å². The summed E-state index contributed by atoms with van der Waals surface area (Å²) in [6.07, 6.45) is 1.57. The lowest BCUT2D eigenvalue weighted by Crippen LogP contribution is -2.21. The van der Waals surface area contributed by atoms with Gasteiger partial charge in [0.05, 0.1) is 6.54 Å². The number of nitrogens with one attached hydrogen (secondary N) is 3. The van der Waals surface area contributed by atoms with Gasteiger partial charge >= 0.3 is 6.03 Å². The van der Waals surface area contributed by atoms with Crippen molar-refractivity contribution in [1.29, 1.82) is 0 Å². The molecule has 0 bridgehead atoms. The van der Waals surface area contributed by atoms with E-state index in [1.807, 2.05) is 20.8 Å². The maximum Gasteiger partial charge on any atom is 0.324 e. The fraction of sp³-hybridized carbons (Fsp3) is 0.278. The molecule has 0 aliphatic carbocycles. The molecule has 0 radical (unpaired) electrons. The van der Waals surface area contributed by atoms with Crippen molar-refractivity contribution in [3.05, 3.63) is 36.1 Å². The van der Waals surface area contributed by atoms with E-state index in [0.29, 0.717) is 29.5 Å². The number of benzene rings is 1. The van der Waals surface area contributed by atoms with Gasteiger partial charge in [-0.1, -0.05) is 25.9 Å². The molecular weight excluding hydrogens is 348 g/mol. The van der Waals surface area contributed by atoms with E-state index >= 15 is 0 Å². The summed E-state index contributed by atoms with van der Waals surface area (Å²) < 4.78 is 5.22. The van der Waals surface area contributed by atoms with E-state index in [1.165, 1.54) is 0 Å². The Morgan fingerprint density at radius 1 is 1.04 bits per heavy atom. The van der Waals surface area contributed by atoms with Crippen LogP contribution >= 0.6 is 0 Å². The number of anilines is 3. The van der Waals surface area contributed by atoms with Crippen LogP contribution in [-0.2, 0) is 10.2 Å². The Morgan fingerprint density at radius 2 is 1.70 bits per heavy atom. The SMILES string of the molecule is CC(C)(C)c1cc(NC(=O)Nc2ccc(NC(=O)C3=NCC=N3)cc2)no1. The van der Waals surface area contributed by atoms with Crippen molar-refractivity contribution in [3.63, 3.8) is 0 Å². The van der Waals surface area contributed by atoms with Gasteiger partial charge in [-0.2, -0.15) is 0 Å². The number of hydrogen-bond acceptors (Lipinski definition) is 6. The summed E-state index contributed by atoms with van der Waals surface area (Å²) in [4.78, 5) is 31.8. The number of rotatable bonds is 4. The predicted octanol–water partition coefficient (Wildman–Crippen LogP) is 3.04. The van der Waals surface area contributed by atoms with Crippen LogP contribution in [0.4, 0.5) is 22.0 Å². The number of hydrogen-bond donors (Lipinski definition) is 3. The average Bonchev–Trinajstić information content (AvgIpc) is 3.27. The van der Waals surface area contributed by atoms with Crippen molar-refractivity contribution >= 4 is 41.2 Å². The molecule has 140 valence electrons. The molecular formula is C18H20N6O3. The molecule has 1 aromatic carbocycles. The Labute approximate surface area is 155 Å². The van der Waals surface area contributed by atoms with Gasteiger partial charge in [-0.15, -0.1) is 0 Å². The third-order valence-electron chi connectivity index (χ3n) is 3.63. The number of aliphatic imine (C=N–C) groups is 2. The quantitative estimate of drug-likeness (QED) is 0.768. The summed E-state index contributed by atoms with van der Waals surface area (Å²) in [6, 6.07) is 7.90. The van der Waals surface area contributed by atoms with Gasteiger partial charge in [0.1, 0.15) is 5.76 Å². The zero-order valence-corrected chi connectivity index (χ0v) is 15.2. The zero-order chi connectivity index (χ0) is 19.4. The molecule has 0 atom stereocenters. The number of urea groups is 1. The molecule has 3 rings (SSSR count). The van der Waals surface area contributed by atoms with Gasteiger partial charge in [0.15, 0.2) is 5.82 Å². The van der Waals surface area contributed by atoms with E-state index in [9.17, 15) is 9.59 Å². The van der Waals surface area contributed by atoms with E-state index in [0.717, 1.165) is 0 Å². The Balaban J connectivity index is 1.54. The number of amidine groups is 1. The smallest absolute Gasteiger partial charge is 0.324 e. The van der Waals surface area contributed by atoms with Gasteiger partial charge in [-0.05, 0) is 24.3 Å². The van der Waals surface area contributed by atoms with Gasteiger partial charge in [0.25, 0.3) is 5.91 Å². The van der Waals surface area contributed by atoms with E-state index in [2.05, 4.69) is 31.1 Å². The first kappa shape index (κ1) is 18.3. The zero-order valence-electron chi connectivity index (χ0n) is 15.2. The Hall–Kier alpha value is -3.49. The maximum atomic E-state index is 12.1. The minimum atomic E-state index is -0.449. The van der Waals surface area contributed by atoms with Crippen molar-refractivity contribution in [2.24, 2.45) is 9.98 Å². The van der Waals surface area contributed by atoms with Gasteiger partial charge in [0, 0.05) is 29.1 Å². The maximum absolute atomic E-state index is 12.1. The third kappa shape index (κ3) is 4.78. The number of amides is 3. The molecule has 1 aromatic heterocycles. The van der Waals surface area contributed by atoms with Crippen LogP contribution < -0.4 is 16.0 Å². The highest BCUT2D eigenvalue weighted by molar-refractivity contribution is 6.44. The van der Waals surface area contributed by atoms with Crippen LogP contribution in [0.5, 0.6) is 0 Å². The van der Waals surface area contributed by atoms with E-state index in [1.54, 1.807) is 36.5 Å². The second kappa shape index (κ2) is 7.40. The largest absolute Gasteiger partial charge is 0.359 e. The van der Waals surface area contributed by atoms with E-state index in [4.69, 9.17) is 4.52 Å². The Bertz CT molecular complexity index is 906. The fourth-order valence-electron chi connectivity index (χ4n) is 2.22. The highest BCUT2D eigenvalue weighted by atomic mass is 16.5. The topological polar surface area (TPSA) is 121 Å². The van der Waals surface area contributed by atoms with Crippen LogP contribution in [0, 0.1) is 0 Å². The average molecular weight is 368 g/mol. The first-order chi connectivity index (χ1) is 12.8. The second-order valence-corrected chi connectivity index (χ2v) is 6.91. The minimum absolute atomic E-state index is 0.152. The molecule has 3 amide bonds. The summed E-state index contributed by atoms with van der Waals surface area (Å²) in [5, 5.41) is 11.8. The highest BCUT2D eigenvalue weighted by Crippen LogP contribution is 2.24. The third-order valence-corrected chi connectivity index (χ3v) is 3.63. The normalized spacial score (nSPS) is 13.2. The van der Waals surface area contributed by atoms with Gasteiger partial charge in [-0.25, -0.2) is 9.79 Å². The van der Waals surface area contributed by atoms with Crippen LogP contribution in [0.15, 0.2) is 44.8 Å². The second-order valence-electron chi connectivity index (χ2n) is 6.91. The molecule has 0 spiro atoms. The number of carbonyl (C=O) groups excluding carboxylic acids is 2. The molecule has 3 N–H and O–H groups in total. The van der Waals surface area contributed by atoms with Crippen LogP contribution in [0.3, 0.4) is 0 Å². The van der Waals surface area contributed by atoms with Crippen LogP contribution in [0.25, 0.3) is 0 Å². The lowest BCUT2D eigenvalue weighted by Gasteiger charge is -2.12. The first-order valence-corrected chi connectivity index (χ1v) is 8.35.